The molecule has 4 nitrogen and oxygen atoms in total. The molecule has 1 aromatic rings. The Bertz CT molecular complexity index is 754. The number of carbonyl (C=O) groups excluding carboxylic acids is 2. The SMILES string of the molecule is O=C1CC2(CCCC2)C(=O)N1CN1CCCc2cc(C(F)(F)F)ccc21. The van der Waals surface area contributed by atoms with Crippen LogP contribution in [0.4, 0.5) is 18.9 Å². The van der Waals surface area contributed by atoms with E-state index >= 15 is 0 Å². The standard InChI is InChI=1S/C19H21F3N2O2/c20-19(21,22)14-5-6-15-13(10-14)4-3-9-23(15)12-24-16(25)11-18(17(24)26)7-1-2-8-18/h5-6,10H,1-4,7-9,11-12H2. The summed E-state index contributed by atoms with van der Waals surface area (Å²) in [4.78, 5) is 28.5. The van der Waals surface area contributed by atoms with E-state index in [1.54, 1.807) is 0 Å². The van der Waals surface area contributed by atoms with Crippen molar-refractivity contribution in [3.8, 4) is 0 Å². The summed E-state index contributed by atoms with van der Waals surface area (Å²) in [5.41, 5.74) is 0.143. The minimum Gasteiger partial charge on any atom is -0.353 e. The molecule has 1 saturated carbocycles. The number of carbonyl (C=O) groups is 2. The Morgan fingerprint density at radius 2 is 1.81 bits per heavy atom. The first-order valence-corrected chi connectivity index (χ1v) is 9.10. The molecule has 1 aromatic carbocycles. The predicted octanol–water partition coefficient (Wildman–Crippen LogP) is 3.73. The smallest absolute Gasteiger partial charge is 0.353 e. The van der Waals surface area contributed by atoms with Crippen LogP contribution in [0.25, 0.3) is 0 Å². The second-order valence-electron chi connectivity index (χ2n) is 7.64. The highest BCUT2D eigenvalue weighted by molar-refractivity contribution is 6.06. The van der Waals surface area contributed by atoms with Gasteiger partial charge in [0.1, 0.15) is 6.67 Å². The van der Waals surface area contributed by atoms with Gasteiger partial charge in [-0.3, -0.25) is 14.5 Å². The number of likely N-dealkylation sites (tertiary alicyclic amines) is 1. The summed E-state index contributed by atoms with van der Waals surface area (Å²) in [6.07, 6.45) is 0.655. The molecule has 2 fully saturated rings. The quantitative estimate of drug-likeness (QED) is 0.749. The topological polar surface area (TPSA) is 40.6 Å². The molecular weight excluding hydrogens is 345 g/mol. The Morgan fingerprint density at radius 1 is 1.08 bits per heavy atom. The predicted molar refractivity (Wildman–Crippen MR) is 89.3 cm³/mol. The van der Waals surface area contributed by atoms with E-state index in [-0.39, 0.29) is 24.9 Å². The molecule has 2 amide bonds. The lowest BCUT2D eigenvalue weighted by Crippen LogP contribution is -2.44. The van der Waals surface area contributed by atoms with Crippen molar-refractivity contribution >= 4 is 17.5 Å². The van der Waals surface area contributed by atoms with Crippen molar-refractivity contribution in [3.63, 3.8) is 0 Å². The van der Waals surface area contributed by atoms with E-state index in [1.165, 1.54) is 17.0 Å². The van der Waals surface area contributed by atoms with Crippen LogP contribution in [0.5, 0.6) is 0 Å². The zero-order valence-electron chi connectivity index (χ0n) is 14.4. The Labute approximate surface area is 149 Å². The fraction of sp³-hybridized carbons (Fsp3) is 0.579. The van der Waals surface area contributed by atoms with Crippen molar-refractivity contribution < 1.29 is 22.8 Å². The molecule has 0 aromatic heterocycles. The van der Waals surface area contributed by atoms with Gasteiger partial charge in [0.2, 0.25) is 11.8 Å². The normalized spacial score (nSPS) is 22.4. The molecule has 1 saturated heterocycles. The molecule has 7 heteroatoms. The molecule has 0 bridgehead atoms. The highest BCUT2D eigenvalue weighted by Gasteiger charge is 2.52. The Morgan fingerprint density at radius 3 is 2.50 bits per heavy atom. The van der Waals surface area contributed by atoms with E-state index < -0.39 is 17.2 Å². The summed E-state index contributed by atoms with van der Waals surface area (Å²) in [7, 11) is 0. The molecule has 2 heterocycles. The van der Waals surface area contributed by atoms with E-state index in [2.05, 4.69) is 0 Å². The number of nitrogens with zero attached hydrogens (tertiary/aromatic N) is 2. The summed E-state index contributed by atoms with van der Waals surface area (Å²) < 4.78 is 38.8. The third-order valence-corrected chi connectivity index (χ3v) is 5.98. The number of rotatable bonds is 2. The fourth-order valence-electron chi connectivity index (χ4n) is 4.61. The highest BCUT2D eigenvalue weighted by atomic mass is 19.4. The van der Waals surface area contributed by atoms with E-state index in [0.717, 1.165) is 31.7 Å². The maximum Gasteiger partial charge on any atom is 0.416 e. The van der Waals surface area contributed by atoms with Crippen molar-refractivity contribution in [1.82, 2.24) is 4.90 Å². The third-order valence-electron chi connectivity index (χ3n) is 5.98. The second-order valence-corrected chi connectivity index (χ2v) is 7.64. The number of halogens is 3. The van der Waals surface area contributed by atoms with Gasteiger partial charge in [0.05, 0.1) is 11.0 Å². The van der Waals surface area contributed by atoms with Crippen LogP contribution in [0.3, 0.4) is 0 Å². The lowest BCUT2D eigenvalue weighted by atomic mass is 9.85. The number of amides is 2. The zero-order valence-corrected chi connectivity index (χ0v) is 14.4. The van der Waals surface area contributed by atoms with Gasteiger partial charge in [-0.25, -0.2) is 0 Å². The maximum atomic E-state index is 12.9. The molecule has 0 atom stereocenters. The molecule has 0 N–H and O–H groups in total. The number of anilines is 1. The first-order chi connectivity index (χ1) is 12.3. The fourth-order valence-corrected chi connectivity index (χ4v) is 4.61. The molecular formula is C19H21F3N2O2. The van der Waals surface area contributed by atoms with Crippen molar-refractivity contribution in [2.45, 2.75) is 51.1 Å². The molecule has 0 unspecified atom stereocenters. The lowest BCUT2D eigenvalue weighted by molar-refractivity contribution is -0.141. The monoisotopic (exact) mass is 366 g/mol. The number of aryl methyl sites for hydroxylation is 1. The summed E-state index contributed by atoms with van der Waals surface area (Å²) in [6.45, 7) is 0.764. The zero-order chi connectivity index (χ0) is 18.5. The van der Waals surface area contributed by atoms with Gasteiger partial charge in [-0.1, -0.05) is 12.8 Å². The third kappa shape index (κ3) is 2.77. The Hall–Kier alpha value is -2.05. The van der Waals surface area contributed by atoms with E-state index in [4.69, 9.17) is 0 Å². The largest absolute Gasteiger partial charge is 0.416 e. The molecule has 140 valence electrons. The maximum absolute atomic E-state index is 12.9. The lowest BCUT2D eigenvalue weighted by Gasteiger charge is -2.34. The molecule has 1 aliphatic carbocycles. The average Bonchev–Trinajstić information content (AvgIpc) is 3.15. The van der Waals surface area contributed by atoms with Gasteiger partial charge in [0.25, 0.3) is 0 Å². The second kappa shape index (κ2) is 5.99. The molecule has 4 rings (SSSR count). The van der Waals surface area contributed by atoms with E-state index in [0.29, 0.717) is 30.6 Å². The van der Waals surface area contributed by atoms with Crippen LogP contribution in [0.2, 0.25) is 0 Å². The van der Waals surface area contributed by atoms with Crippen LogP contribution in [-0.2, 0) is 22.2 Å². The van der Waals surface area contributed by atoms with Gasteiger partial charge < -0.3 is 4.90 Å². The number of imide groups is 1. The van der Waals surface area contributed by atoms with Gasteiger partial charge in [-0.15, -0.1) is 0 Å². The van der Waals surface area contributed by atoms with E-state index in [9.17, 15) is 22.8 Å². The van der Waals surface area contributed by atoms with Gasteiger partial charge in [-0.05, 0) is 49.4 Å². The molecule has 0 radical (unpaired) electrons. The van der Waals surface area contributed by atoms with Crippen molar-refractivity contribution in [1.29, 1.82) is 0 Å². The average molecular weight is 366 g/mol. The van der Waals surface area contributed by atoms with Crippen LogP contribution in [0.1, 0.15) is 49.7 Å². The van der Waals surface area contributed by atoms with Crippen LogP contribution >= 0.6 is 0 Å². The number of benzene rings is 1. The van der Waals surface area contributed by atoms with Gasteiger partial charge in [-0.2, -0.15) is 13.2 Å². The van der Waals surface area contributed by atoms with Gasteiger partial charge >= 0.3 is 6.18 Å². The summed E-state index contributed by atoms with van der Waals surface area (Å²) >= 11 is 0. The van der Waals surface area contributed by atoms with Crippen LogP contribution in [0, 0.1) is 5.41 Å². The highest BCUT2D eigenvalue weighted by Crippen LogP contribution is 2.47. The number of hydrogen-bond donors (Lipinski definition) is 0. The number of hydrogen-bond acceptors (Lipinski definition) is 3. The molecule has 1 spiro atoms. The van der Waals surface area contributed by atoms with E-state index in [1.807, 2.05) is 4.90 Å². The Balaban J connectivity index is 1.57. The van der Waals surface area contributed by atoms with Gasteiger partial charge in [0, 0.05) is 18.7 Å². The Kier molecular flexibility index (Phi) is 4.00. The number of alkyl halides is 3. The van der Waals surface area contributed by atoms with Crippen LogP contribution in [0.15, 0.2) is 18.2 Å². The van der Waals surface area contributed by atoms with Crippen LogP contribution in [-0.4, -0.2) is 29.9 Å². The molecule has 26 heavy (non-hydrogen) atoms. The number of fused-ring (bicyclic) bond motifs is 1. The first kappa shape index (κ1) is 17.4. The van der Waals surface area contributed by atoms with Crippen LogP contribution < -0.4 is 4.90 Å². The first-order valence-electron chi connectivity index (χ1n) is 9.10. The minimum absolute atomic E-state index is 0.0981. The molecule has 3 aliphatic rings. The summed E-state index contributed by atoms with van der Waals surface area (Å²) in [5.74, 6) is -0.255. The summed E-state index contributed by atoms with van der Waals surface area (Å²) in [6, 6.07) is 3.73. The van der Waals surface area contributed by atoms with Crippen molar-refractivity contribution in [2.24, 2.45) is 5.41 Å². The summed E-state index contributed by atoms with van der Waals surface area (Å²) in [5, 5.41) is 0. The minimum atomic E-state index is -4.37. The van der Waals surface area contributed by atoms with Crippen molar-refractivity contribution in [3.05, 3.63) is 29.3 Å². The van der Waals surface area contributed by atoms with Crippen molar-refractivity contribution in [2.75, 3.05) is 18.1 Å². The van der Waals surface area contributed by atoms with Gasteiger partial charge in [0.15, 0.2) is 0 Å². The molecule has 2 aliphatic heterocycles.